The minimum Gasteiger partial charge on any atom is -0.449 e. The molecule has 0 aromatic heterocycles. The number of halogens is 4. The van der Waals surface area contributed by atoms with Crippen LogP contribution in [0.15, 0.2) is 35.2 Å². The van der Waals surface area contributed by atoms with Crippen LogP contribution in [0.2, 0.25) is 20.1 Å². The van der Waals surface area contributed by atoms with Gasteiger partial charge in [0.15, 0.2) is 6.10 Å². The first-order valence-electron chi connectivity index (χ1n) is 10.5. The Kier molecular flexibility index (Phi) is 9.11. The molecule has 1 atom stereocenters. The molecule has 1 heterocycles. The van der Waals surface area contributed by atoms with Gasteiger partial charge in [0.1, 0.15) is 4.90 Å². The van der Waals surface area contributed by atoms with Gasteiger partial charge in [-0.25, -0.2) is 13.2 Å². The lowest BCUT2D eigenvalue weighted by molar-refractivity contribution is -0.123. The Labute approximate surface area is 218 Å². The molecule has 2 aromatic rings. The normalized spacial score (nSPS) is 15.9. The summed E-state index contributed by atoms with van der Waals surface area (Å²) in [6.07, 6.45) is 2.21. The molecule has 1 unspecified atom stereocenters. The average Bonchev–Trinajstić information content (AvgIpc) is 3.07. The van der Waals surface area contributed by atoms with Crippen LogP contribution in [-0.2, 0) is 19.6 Å². The van der Waals surface area contributed by atoms with Crippen molar-refractivity contribution in [2.24, 2.45) is 0 Å². The van der Waals surface area contributed by atoms with Gasteiger partial charge in [-0.2, -0.15) is 4.31 Å². The van der Waals surface area contributed by atoms with Crippen molar-refractivity contribution in [2.45, 2.75) is 43.6 Å². The molecule has 1 N–H and O–H groups in total. The highest BCUT2D eigenvalue weighted by molar-refractivity contribution is 7.89. The maximum atomic E-state index is 13.1. The molecule has 0 radical (unpaired) electrons. The summed E-state index contributed by atoms with van der Waals surface area (Å²) < 4.78 is 32.9. The molecule has 0 bridgehead atoms. The smallest absolute Gasteiger partial charge is 0.338 e. The van der Waals surface area contributed by atoms with E-state index in [-0.39, 0.29) is 36.2 Å². The van der Waals surface area contributed by atoms with Crippen molar-refractivity contribution in [3.8, 4) is 0 Å². The second-order valence-electron chi connectivity index (χ2n) is 7.75. The summed E-state index contributed by atoms with van der Waals surface area (Å²) in [5.41, 5.74) is 0.145. The SMILES string of the molecule is CC(OC(=O)c1ccc(Cl)c(S(=O)(=O)N2CCCCCC2)c1)C(=O)Nc1cc(Cl)c(Cl)cc1Cl. The maximum Gasteiger partial charge on any atom is 0.338 e. The largest absolute Gasteiger partial charge is 0.449 e. The van der Waals surface area contributed by atoms with Crippen LogP contribution in [0, 0.1) is 0 Å². The summed E-state index contributed by atoms with van der Waals surface area (Å²) in [7, 11) is -3.89. The molecule has 2 aromatic carbocycles. The van der Waals surface area contributed by atoms with E-state index in [0.717, 1.165) is 25.7 Å². The minimum absolute atomic E-state index is 0.000785. The summed E-state index contributed by atoms with van der Waals surface area (Å²) in [5, 5.41) is 3.08. The van der Waals surface area contributed by atoms with Crippen LogP contribution in [0.4, 0.5) is 5.69 Å². The number of carbonyl (C=O) groups excluding carboxylic acids is 2. The van der Waals surface area contributed by atoms with Gasteiger partial charge in [-0.3, -0.25) is 4.79 Å². The van der Waals surface area contributed by atoms with E-state index in [9.17, 15) is 18.0 Å². The molecule has 1 amide bonds. The lowest BCUT2D eigenvalue weighted by Crippen LogP contribution is -2.32. The number of nitrogens with one attached hydrogen (secondary N) is 1. The van der Waals surface area contributed by atoms with Crippen LogP contribution in [0.1, 0.15) is 43.0 Å². The molecule has 0 spiro atoms. The highest BCUT2D eigenvalue weighted by Gasteiger charge is 2.29. The highest BCUT2D eigenvalue weighted by Crippen LogP contribution is 2.32. The molecule has 12 heteroatoms. The number of hydrogen-bond donors (Lipinski definition) is 1. The van der Waals surface area contributed by atoms with Crippen molar-refractivity contribution in [1.82, 2.24) is 4.31 Å². The molecule has 34 heavy (non-hydrogen) atoms. The third kappa shape index (κ3) is 6.36. The maximum absolute atomic E-state index is 13.1. The van der Waals surface area contributed by atoms with E-state index in [2.05, 4.69) is 5.32 Å². The van der Waals surface area contributed by atoms with Crippen molar-refractivity contribution in [3.63, 3.8) is 0 Å². The van der Waals surface area contributed by atoms with E-state index < -0.39 is 28.0 Å². The van der Waals surface area contributed by atoms with Crippen molar-refractivity contribution in [3.05, 3.63) is 56.0 Å². The van der Waals surface area contributed by atoms with Crippen LogP contribution in [0.25, 0.3) is 0 Å². The van der Waals surface area contributed by atoms with Crippen LogP contribution >= 0.6 is 46.4 Å². The van der Waals surface area contributed by atoms with E-state index in [1.807, 2.05) is 0 Å². The number of rotatable bonds is 6. The number of nitrogens with zero attached hydrogens (tertiary/aromatic N) is 1. The zero-order chi connectivity index (χ0) is 25.0. The Balaban J connectivity index is 1.74. The fraction of sp³-hybridized carbons (Fsp3) is 0.364. The number of hydrogen-bond acceptors (Lipinski definition) is 5. The van der Waals surface area contributed by atoms with Gasteiger partial charge in [-0.15, -0.1) is 0 Å². The highest BCUT2D eigenvalue weighted by atomic mass is 35.5. The van der Waals surface area contributed by atoms with Crippen LogP contribution in [0.3, 0.4) is 0 Å². The summed E-state index contributed by atoms with van der Waals surface area (Å²) >= 11 is 24.1. The molecular weight excluding hydrogens is 546 g/mol. The van der Waals surface area contributed by atoms with E-state index in [4.69, 9.17) is 51.1 Å². The van der Waals surface area contributed by atoms with Crippen LogP contribution in [-0.4, -0.2) is 43.8 Å². The van der Waals surface area contributed by atoms with E-state index in [0.29, 0.717) is 13.1 Å². The van der Waals surface area contributed by atoms with Crippen molar-refractivity contribution in [1.29, 1.82) is 0 Å². The number of esters is 1. The molecule has 1 fully saturated rings. The molecule has 1 aliphatic heterocycles. The zero-order valence-corrected chi connectivity index (χ0v) is 22.0. The van der Waals surface area contributed by atoms with Gasteiger partial charge in [0.25, 0.3) is 5.91 Å². The van der Waals surface area contributed by atoms with Gasteiger partial charge in [0, 0.05) is 13.1 Å². The molecule has 7 nitrogen and oxygen atoms in total. The van der Waals surface area contributed by atoms with Gasteiger partial charge in [-0.05, 0) is 50.1 Å². The molecule has 184 valence electrons. The first-order valence-corrected chi connectivity index (χ1v) is 13.4. The monoisotopic (exact) mass is 566 g/mol. The van der Waals surface area contributed by atoms with Gasteiger partial charge in [0.2, 0.25) is 10.0 Å². The van der Waals surface area contributed by atoms with Gasteiger partial charge < -0.3 is 10.1 Å². The predicted molar refractivity (Wildman–Crippen MR) is 134 cm³/mol. The number of benzene rings is 2. The second kappa shape index (κ2) is 11.5. The molecule has 1 aliphatic rings. The number of anilines is 1. The Hall–Kier alpha value is -1.55. The number of amides is 1. The molecule has 3 rings (SSSR count). The molecule has 0 saturated carbocycles. The predicted octanol–water partition coefficient (Wildman–Crippen LogP) is 6.05. The van der Waals surface area contributed by atoms with Crippen molar-refractivity contribution < 1.29 is 22.7 Å². The second-order valence-corrected chi connectivity index (χ2v) is 11.3. The fourth-order valence-electron chi connectivity index (χ4n) is 3.38. The fourth-order valence-corrected chi connectivity index (χ4v) is 6.00. The Morgan fingerprint density at radius 2 is 1.53 bits per heavy atom. The summed E-state index contributed by atoms with van der Waals surface area (Å²) in [6.45, 7) is 2.15. The summed E-state index contributed by atoms with van der Waals surface area (Å²) in [6, 6.07) is 6.58. The van der Waals surface area contributed by atoms with E-state index in [1.54, 1.807) is 0 Å². The first kappa shape index (κ1) is 27.0. The number of ether oxygens (including phenoxy) is 1. The molecule has 0 aliphatic carbocycles. The van der Waals surface area contributed by atoms with Gasteiger partial charge >= 0.3 is 5.97 Å². The number of carbonyl (C=O) groups is 2. The third-order valence-electron chi connectivity index (χ3n) is 5.27. The standard InChI is InChI=1S/C22H22Cl4N2O5S/c1-13(21(29)27-19-12-17(25)16(24)11-18(19)26)33-22(30)14-6-7-15(23)20(10-14)34(31,32)28-8-4-2-3-5-9-28/h6-7,10-13H,2-5,8-9H2,1H3,(H,27,29). The Morgan fingerprint density at radius 1 is 0.912 bits per heavy atom. The lowest BCUT2D eigenvalue weighted by atomic mass is 10.2. The van der Waals surface area contributed by atoms with E-state index >= 15 is 0 Å². The van der Waals surface area contributed by atoms with Crippen LogP contribution in [0.5, 0.6) is 0 Å². The van der Waals surface area contributed by atoms with Crippen molar-refractivity contribution >= 4 is 74.0 Å². The summed E-state index contributed by atoms with van der Waals surface area (Å²) in [5.74, 6) is -1.55. The zero-order valence-electron chi connectivity index (χ0n) is 18.1. The quantitative estimate of drug-likeness (QED) is 0.339. The van der Waals surface area contributed by atoms with Gasteiger partial charge in [0.05, 0.1) is 31.3 Å². The average molecular weight is 568 g/mol. The van der Waals surface area contributed by atoms with Crippen LogP contribution < -0.4 is 5.32 Å². The lowest BCUT2D eigenvalue weighted by Gasteiger charge is -2.21. The van der Waals surface area contributed by atoms with E-state index in [1.165, 1.54) is 41.6 Å². The first-order chi connectivity index (χ1) is 16.0. The molecule has 1 saturated heterocycles. The van der Waals surface area contributed by atoms with Gasteiger partial charge in [-0.1, -0.05) is 59.2 Å². The number of sulfonamides is 1. The third-order valence-corrected chi connectivity index (χ3v) is 8.69. The minimum atomic E-state index is -3.89. The summed E-state index contributed by atoms with van der Waals surface area (Å²) in [4.78, 5) is 25.0. The Morgan fingerprint density at radius 3 is 2.18 bits per heavy atom. The molecular formula is C22H22Cl4N2O5S. The Bertz CT molecular complexity index is 1200. The van der Waals surface area contributed by atoms with Crippen molar-refractivity contribution in [2.75, 3.05) is 18.4 Å². The topological polar surface area (TPSA) is 92.8 Å².